The number of pyridine rings is 2. The van der Waals surface area contributed by atoms with Crippen molar-refractivity contribution in [1.82, 2.24) is 14.9 Å². The zero-order valence-electron chi connectivity index (χ0n) is 16.5. The fourth-order valence-corrected chi connectivity index (χ4v) is 3.46. The summed E-state index contributed by atoms with van der Waals surface area (Å²) < 4.78 is 38.4. The van der Waals surface area contributed by atoms with Crippen molar-refractivity contribution in [3.8, 4) is 0 Å². The molecule has 0 spiro atoms. The van der Waals surface area contributed by atoms with E-state index in [4.69, 9.17) is 5.73 Å². The van der Waals surface area contributed by atoms with Gasteiger partial charge in [0.05, 0.1) is 17.9 Å². The summed E-state index contributed by atoms with van der Waals surface area (Å²) in [6, 6.07) is 3.27. The predicted molar refractivity (Wildman–Crippen MR) is 104 cm³/mol. The Labute approximate surface area is 171 Å². The summed E-state index contributed by atoms with van der Waals surface area (Å²) in [5.74, 6) is -1.14. The van der Waals surface area contributed by atoms with Gasteiger partial charge in [0.1, 0.15) is 11.5 Å². The van der Waals surface area contributed by atoms with Gasteiger partial charge in [-0.3, -0.25) is 14.6 Å². The Bertz CT molecular complexity index is 946. The van der Waals surface area contributed by atoms with E-state index in [0.717, 1.165) is 18.7 Å². The van der Waals surface area contributed by atoms with Crippen molar-refractivity contribution in [1.29, 1.82) is 0 Å². The number of likely N-dealkylation sites (tertiary alicyclic amines) is 1. The molecule has 1 aliphatic heterocycles. The zero-order chi connectivity index (χ0) is 22.1. The molecular weight excluding hydrogens is 399 g/mol. The van der Waals surface area contributed by atoms with Gasteiger partial charge in [0.15, 0.2) is 0 Å². The Balaban J connectivity index is 1.80. The van der Waals surface area contributed by atoms with Crippen molar-refractivity contribution in [2.45, 2.75) is 38.9 Å². The number of carbonyl (C=O) groups excluding carboxylic acids is 2. The Morgan fingerprint density at radius 2 is 1.93 bits per heavy atom. The molecule has 2 aromatic rings. The molecule has 30 heavy (non-hydrogen) atoms. The molecule has 3 heterocycles. The summed E-state index contributed by atoms with van der Waals surface area (Å²) >= 11 is 0. The first-order valence-corrected chi connectivity index (χ1v) is 9.43. The van der Waals surface area contributed by atoms with Gasteiger partial charge < -0.3 is 16.0 Å². The van der Waals surface area contributed by atoms with Gasteiger partial charge in [-0.05, 0) is 48.9 Å². The van der Waals surface area contributed by atoms with Crippen molar-refractivity contribution in [2.75, 3.05) is 17.6 Å². The van der Waals surface area contributed by atoms with Crippen LogP contribution in [0.2, 0.25) is 0 Å². The molecule has 3 N–H and O–H groups in total. The van der Waals surface area contributed by atoms with E-state index in [9.17, 15) is 22.8 Å². The lowest BCUT2D eigenvalue weighted by Gasteiger charge is -2.38. The van der Waals surface area contributed by atoms with Gasteiger partial charge in [0, 0.05) is 12.7 Å². The van der Waals surface area contributed by atoms with Crippen molar-refractivity contribution < 1.29 is 22.8 Å². The Hall–Kier alpha value is -3.17. The van der Waals surface area contributed by atoms with Crippen molar-refractivity contribution in [3.05, 3.63) is 47.4 Å². The number of nitrogens with zero attached hydrogens (tertiary/aromatic N) is 3. The van der Waals surface area contributed by atoms with Crippen molar-refractivity contribution in [3.63, 3.8) is 0 Å². The number of rotatable bonds is 2. The minimum atomic E-state index is -4.54. The maximum atomic E-state index is 12.9. The predicted octanol–water partition coefficient (Wildman–Crippen LogP) is 3.32. The number of nitrogens with one attached hydrogen (secondary N) is 1. The first-order valence-electron chi connectivity index (χ1n) is 9.43. The maximum absolute atomic E-state index is 12.9. The molecule has 0 aliphatic carbocycles. The minimum absolute atomic E-state index is 0.154. The lowest BCUT2D eigenvalue weighted by atomic mass is 9.90. The van der Waals surface area contributed by atoms with Crippen LogP contribution < -0.4 is 11.1 Å². The quantitative estimate of drug-likeness (QED) is 0.725. The van der Waals surface area contributed by atoms with Crippen LogP contribution in [0.25, 0.3) is 0 Å². The molecule has 1 saturated heterocycles. The number of aromatic nitrogens is 2. The second-order valence-electron chi connectivity index (χ2n) is 7.51. The number of alkyl halides is 3. The van der Waals surface area contributed by atoms with E-state index < -0.39 is 29.7 Å². The first-order chi connectivity index (χ1) is 14.1. The lowest BCUT2D eigenvalue weighted by Crippen LogP contribution is -2.46. The second kappa shape index (κ2) is 8.29. The monoisotopic (exact) mass is 421 g/mol. The number of aryl methyl sites for hydroxylation is 1. The fraction of sp³-hybridized carbons (Fsp3) is 0.400. The molecule has 2 atom stereocenters. The van der Waals surface area contributed by atoms with E-state index >= 15 is 0 Å². The smallest absolute Gasteiger partial charge is 0.383 e. The van der Waals surface area contributed by atoms with Crippen LogP contribution in [0.3, 0.4) is 0 Å². The molecule has 1 fully saturated rings. The average molecular weight is 421 g/mol. The Kier molecular flexibility index (Phi) is 5.95. The lowest BCUT2D eigenvalue weighted by molar-refractivity contribution is -0.146. The van der Waals surface area contributed by atoms with E-state index in [1.54, 1.807) is 13.0 Å². The van der Waals surface area contributed by atoms with Crippen molar-refractivity contribution >= 4 is 23.3 Å². The minimum Gasteiger partial charge on any atom is -0.383 e. The summed E-state index contributed by atoms with van der Waals surface area (Å²) in [5.41, 5.74) is 6.10. The molecule has 10 heteroatoms. The number of halogens is 3. The molecule has 0 radical (unpaired) electrons. The highest BCUT2D eigenvalue weighted by Gasteiger charge is 2.36. The van der Waals surface area contributed by atoms with Crippen LogP contribution in [0, 0.1) is 12.8 Å². The van der Waals surface area contributed by atoms with E-state index in [0.29, 0.717) is 35.6 Å². The molecule has 2 amide bonds. The van der Waals surface area contributed by atoms with E-state index in [-0.39, 0.29) is 5.92 Å². The largest absolute Gasteiger partial charge is 0.433 e. The summed E-state index contributed by atoms with van der Waals surface area (Å²) in [5, 5.41) is 2.51. The van der Waals surface area contributed by atoms with Crippen molar-refractivity contribution in [2.24, 2.45) is 5.92 Å². The topological polar surface area (TPSA) is 101 Å². The molecule has 1 aliphatic rings. The van der Waals surface area contributed by atoms with Gasteiger partial charge in [-0.1, -0.05) is 13.0 Å². The molecule has 3 rings (SSSR count). The molecule has 0 aromatic carbocycles. The van der Waals surface area contributed by atoms with Gasteiger partial charge in [-0.2, -0.15) is 13.2 Å². The van der Waals surface area contributed by atoms with Gasteiger partial charge in [-0.25, -0.2) is 4.98 Å². The molecular formula is C20H22F3N5O2. The fourth-order valence-electron chi connectivity index (χ4n) is 3.46. The van der Waals surface area contributed by atoms with Crippen LogP contribution in [-0.2, 0) is 15.8 Å². The van der Waals surface area contributed by atoms with Crippen LogP contribution >= 0.6 is 0 Å². The van der Waals surface area contributed by atoms with Crippen LogP contribution in [0.4, 0.5) is 24.7 Å². The number of piperidine rings is 1. The number of hydrogen-bond donors (Lipinski definition) is 2. The Morgan fingerprint density at radius 3 is 2.53 bits per heavy atom. The number of amides is 2. The molecule has 0 unspecified atom stereocenters. The van der Waals surface area contributed by atoms with E-state index in [2.05, 4.69) is 15.3 Å². The highest BCUT2D eigenvalue weighted by molar-refractivity contribution is 6.39. The highest BCUT2D eigenvalue weighted by Crippen LogP contribution is 2.35. The van der Waals surface area contributed by atoms with Gasteiger partial charge in [-0.15, -0.1) is 0 Å². The maximum Gasteiger partial charge on any atom is 0.433 e. The first kappa shape index (κ1) is 21.5. The van der Waals surface area contributed by atoms with Crippen LogP contribution in [0.15, 0.2) is 30.6 Å². The van der Waals surface area contributed by atoms with Crippen LogP contribution in [0.5, 0.6) is 0 Å². The average Bonchev–Trinajstić information content (AvgIpc) is 2.69. The van der Waals surface area contributed by atoms with Gasteiger partial charge in [0.2, 0.25) is 0 Å². The summed E-state index contributed by atoms with van der Waals surface area (Å²) in [6.45, 7) is 3.99. The van der Waals surface area contributed by atoms with E-state index in [1.807, 2.05) is 6.92 Å². The molecule has 2 aromatic heterocycles. The Morgan fingerprint density at radius 1 is 1.20 bits per heavy atom. The third-order valence-corrected chi connectivity index (χ3v) is 5.11. The standard InChI is InChI=1S/C20H22F3N5O2/c1-11-3-5-15(13-4-6-16(25-8-13)20(21,22)23)28(10-11)19(30)18(29)27-14-7-12(2)17(24)26-9-14/h4,6-9,11,15H,3,5,10H2,1-2H3,(H2,24,26)(H,27,29)/t11-,15+/m1/s1. The third-order valence-electron chi connectivity index (χ3n) is 5.11. The highest BCUT2D eigenvalue weighted by atomic mass is 19.4. The number of hydrogen-bond acceptors (Lipinski definition) is 5. The number of nitrogens with two attached hydrogens (primary N) is 1. The van der Waals surface area contributed by atoms with Gasteiger partial charge in [0.25, 0.3) is 0 Å². The summed E-state index contributed by atoms with van der Waals surface area (Å²) in [6.07, 6.45) is -0.771. The number of anilines is 2. The summed E-state index contributed by atoms with van der Waals surface area (Å²) in [7, 11) is 0. The van der Waals surface area contributed by atoms with Gasteiger partial charge >= 0.3 is 18.0 Å². The summed E-state index contributed by atoms with van der Waals surface area (Å²) in [4.78, 5) is 34.3. The van der Waals surface area contributed by atoms with Crippen LogP contribution in [0.1, 0.15) is 42.6 Å². The SMILES string of the molecule is Cc1cc(NC(=O)C(=O)N2C[C@H](C)CC[C@H]2c2ccc(C(F)(F)F)nc2)cnc1N. The molecule has 7 nitrogen and oxygen atoms in total. The normalized spacial score (nSPS) is 19.4. The number of carbonyl (C=O) groups is 2. The van der Waals surface area contributed by atoms with E-state index in [1.165, 1.54) is 17.2 Å². The zero-order valence-corrected chi connectivity index (χ0v) is 16.5. The van der Waals surface area contributed by atoms with Crippen LogP contribution in [-0.4, -0.2) is 33.2 Å². The molecule has 160 valence electrons. The molecule has 0 saturated carbocycles. The number of nitrogen functional groups attached to an aromatic ring is 1. The second-order valence-corrected chi connectivity index (χ2v) is 7.51. The molecule has 0 bridgehead atoms. The third kappa shape index (κ3) is 4.69.